The normalized spacial score (nSPS) is 11.1. The Hall–Kier alpha value is -1.30. The van der Waals surface area contributed by atoms with Gasteiger partial charge in [-0.05, 0) is 48.0 Å². The summed E-state index contributed by atoms with van der Waals surface area (Å²) in [6, 6.07) is 7.20. The van der Waals surface area contributed by atoms with Gasteiger partial charge in [0, 0.05) is 29.2 Å². The van der Waals surface area contributed by atoms with Gasteiger partial charge in [0.05, 0.1) is 22.2 Å². The van der Waals surface area contributed by atoms with Crippen LogP contribution in [-0.4, -0.2) is 29.8 Å². The summed E-state index contributed by atoms with van der Waals surface area (Å²) in [6.07, 6.45) is 1.78. The van der Waals surface area contributed by atoms with Crippen molar-refractivity contribution in [3.8, 4) is 5.88 Å². The zero-order valence-corrected chi connectivity index (χ0v) is 16.8. The van der Waals surface area contributed by atoms with Gasteiger partial charge < -0.3 is 9.64 Å². The van der Waals surface area contributed by atoms with Crippen LogP contribution in [0.25, 0.3) is 0 Å². The SMILES string of the molecule is CCN(C)C=Nc1cc(Br)c(OCc2ccc(Cl)cc2Cl)nc1C. The zero-order valence-electron chi connectivity index (χ0n) is 13.7. The maximum atomic E-state index is 6.16. The van der Waals surface area contributed by atoms with Gasteiger partial charge in [0.15, 0.2) is 0 Å². The van der Waals surface area contributed by atoms with Crippen LogP contribution in [0.4, 0.5) is 5.69 Å². The average Bonchev–Trinajstić information content (AvgIpc) is 2.54. The Labute approximate surface area is 160 Å². The molecular formula is C17H18BrCl2N3O. The molecule has 1 aromatic carbocycles. The fourth-order valence-corrected chi connectivity index (χ4v) is 2.69. The Kier molecular flexibility index (Phi) is 6.90. The smallest absolute Gasteiger partial charge is 0.228 e. The maximum absolute atomic E-state index is 6.16. The van der Waals surface area contributed by atoms with Gasteiger partial charge in [-0.15, -0.1) is 0 Å². The van der Waals surface area contributed by atoms with Gasteiger partial charge in [-0.2, -0.15) is 0 Å². The minimum absolute atomic E-state index is 0.308. The molecule has 0 aliphatic heterocycles. The minimum Gasteiger partial charge on any atom is -0.472 e. The summed E-state index contributed by atoms with van der Waals surface area (Å²) in [7, 11) is 1.97. The molecule has 128 valence electrons. The molecule has 24 heavy (non-hydrogen) atoms. The number of halogens is 3. The van der Waals surface area contributed by atoms with Crippen LogP contribution in [0.15, 0.2) is 33.7 Å². The van der Waals surface area contributed by atoms with Crippen LogP contribution in [0.5, 0.6) is 5.88 Å². The molecule has 4 nitrogen and oxygen atoms in total. The standard InChI is InChI=1S/C17H18BrCl2N3O/c1-4-23(3)10-21-16-8-14(18)17(22-11(16)2)24-9-12-5-6-13(19)7-15(12)20/h5-8,10H,4,9H2,1-3H3. The molecule has 0 unspecified atom stereocenters. The monoisotopic (exact) mass is 429 g/mol. The van der Waals surface area contributed by atoms with Gasteiger partial charge >= 0.3 is 0 Å². The van der Waals surface area contributed by atoms with Gasteiger partial charge in [0.2, 0.25) is 5.88 Å². The second-order valence-electron chi connectivity index (χ2n) is 5.22. The first-order valence-corrected chi connectivity index (χ1v) is 8.94. The van der Waals surface area contributed by atoms with Crippen LogP contribution in [0.3, 0.4) is 0 Å². The predicted molar refractivity (Wildman–Crippen MR) is 104 cm³/mol. The summed E-state index contributed by atoms with van der Waals surface area (Å²) >= 11 is 15.5. The molecule has 1 aromatic heterocycles. The van der Waals surface area contributed by atoms with E-state index in [0.717, 1.165) is 28.0 Å². The summed E-state index contributed by atoms with van der Waals surface area (Å²) in [6.45, 7) is 5.15. The van der Waals surface area contributed by atoms with Crippen molar-refractivity contribution in [3.63, 3.8) is 0 Å². The number of aryl methyl sites for hydroxylation is 1. The third kappa shape index (κ3) is 5.10. The van der Waals surface area contributed by atoms with Crippen LogP contribution < -0.4 is 4.74 Å². The highest BCUT2D eigenvalue weighted by atomic mass is 79.9. The van der Waals surface area contributed by atoms with Crippen molar-refractivity contribution < 1.29 is 4.74 Å². The number of nitrogens with zero attached hydrogens (tertiary/aromatic N) is 3. The molecule has 0 saturated carbocycles. The van der Waals surface area contributed by atoms with Gasteiger partial charge in [-0.1, -0.05) is 29.3 Å². The van der Waals surface area contributed by atoms with E-state index in [1.165, 1.54) is 0 Å². The molecule has 0 atom stereocenters. The number of hydrogen-bond donors (Lipinski definition) is 0. The van der Waals surface area contributed by atoms with Crippen LogP contribution >= 0.6 is 39.1 Å². The molecule has 0 aliphatic rings. The van der Waals surface area contributed by atoms with Crippen molar-refractivity contribution in [1.29, 1.82) is 0 Å². The number of aliphatic imine (C=N–C) groups is 1. The quantitative estimate of drug-likeness (QED) is 0.438. The maximum Gasteiger partial charge on any atom is 0.228 e. The van der Waals surface area contributed by atoms with Crippen molar-refractivity contribution in [3.05, 3.63) is 50.0 Å². The molecule has 0 radical (unpaired) electrons. The Morgan fingerprint density at radius 1 is 1.33 bits per heavy atom. The van der Waals surface area contributed by atoms with Crippen molar-refractivity contribution >= 4 is 51.2 Å². The fraction of sp³-hybridized carbons (Fsp3) is 0.294. The molecule has 0 spiro atoms. The van der Waals surface area contributed by atoms with Crippen LogP contribution in [-0.2, 0) is 6.61 Å². The molecular weight excluding hydrogens is 413 g/mol. The van der Waals surface area contributed by atoms with Crippen LogP contribution in [0.2, 0.25) is 10.0 Å². The predicted octanol–water partition coefficient (Wildman–Crippen LogP) is 5.65. The molecule has 1 heterocycles. The summed E-state index contributed by atoms with van der Waals surface area (Å²) < 4.78 is 6.52. The highest BCUT2D eigenvalue weighted by Gasteiger charge is 2.10. The van der Waals surface area contributed by atoms with Crippen molar-refractivity contribution in [2.75, 3.05) is 13.6 Å². The summed E-state index contributed by atoms with van der Waals surface area (Å²) in [4.78, 5) is 10.9. The lowest BCUT2D eigenvalue weighted by Gasteiger charge is -2.12. The van der Waals surface area contributed by atoms with Crippen molar-refractivity contribution in [2.24, 2.45) is 4.99 Å². The van der Waals surface area contributed by atoms with Crippen molar-refractivity contribution in [2.45, 2.75) is 20.5 Å². The Bertz CT molecular complexity index is 753. The molecule has 0 bridgehead atoms. The van der Waals surface area contributed by atoms with E-state index in [1.54, 1.807) is 18.5 Å². The molecule has 0 fully saturated rings. The first-order chi connectivity index (χ1) is 11.4. The fourth-order valence-electron chi connectivity index (χ4n) is 1.81. The molecule has 2 rings (SSSR count). The summed E-state index contributed by atoms with van der Waals surface area (Å²) in [5.74, 6) is 0.501. The van der Waals surface area contributed by atoms with E-state index in [4.69, 9.17) is 27.9 Å². The largest absolute Gasteiger partial charge is 0.472 e. The molecule has 0 saturated heterocycles. The van der Waals surface area contributed by atoms with Crippen molar-refractivity contribution in [1.82, 2.24) is 9.88 Å². The number of pyridine rings is 1. The number of benzene rings is 1. The van der Waals surface area contributed by atoms with Gasteiger partial charge in [0.1, 0.15) is 6.61 Å². The molecule has 0 amide bonds. The minimum atomic E-state index is 0.308. The van der Waals surface area contributed by atoms with E-state index in [2.05, 4.69) is 32.8 Å². The third-order valence-corrected chi connectivity index (χ3v) is 4.53. The lowest BCUT2D eigenvalue weighted by atomic mass is 10.2. The Morgan fingerprint density at radius 3 is 2.75 bits per heavy atom. The topological polar surface area (TPSA) is 37.7 Å². The number of hydrogen-bond acceptors (Lipinski definition) is 3. The summed E-state index contributed by atoms with van der Waals surface area (Å²) in [5.41, 5.74) is 2.43. The average molecular weight is 431 g/mol. The Balaban J connectivity index is 2.14. The van der Waals surface area contributed by atoms with Gasteiger partial charge in [0.25, 0.3) is 0 Å². The Morgan fingerprint density at radius 2 is 2.08 bits per heavy atom. The lowest BCUT2D eigenvalue weighted by molar-refractivity contribution is 0.291. The second-order valence-corrected chi connectivity index (χ2v) is 6.92. The van der Waals surface area contributed by atoms with Gasteiger partial charge in [-0.25, -0.2) is 9.98 Å². The van der Waals surface area contributed by atoms with E-state index in [9.17, 15) is 0 Å². The molecule has 0 N–H and O–H groups in total. The van der Waals surface area contributed by atoms with Crippen LogP contribution in [0, 0.1) is 6.92 Å². The van der Waals surface area contributed by atoms with E-state index >= 15 is 0 Å². The number of ether oxygens (including phenoxy) is 1. The molecule has 0 aliphatic carbocycles. The number of aromatic nitrogens is 1. The first kappa shape index (κ1) is 19.0. The van der Waals surface area contributed by atoms with E-state index in [1.807, 2.05) is 31.0 Å². The first-order valence-electron chi connectivity index (χ1n) is 7.39. The highest BCUT2D eigenvalue weighted by Crippen LogP contribution is 2.31. The van der Waals surface area contributed by atoms with E-state index < -0.39 is 0 Å². The van der Waals surface area contributed by atoms with Gasteiger partial charge in [-0.3, -0.25) is 0 Å². The molecule has 2 aromatic rings. The third-order valence-electron chi connectivity index (χ3n) is 3.38. The van der Waals surface area contributed by atoms with E-state index in [0.29, 0.717) is 22.5 Å². The van der Waals surface area contributed by atoms with Crippen LogP contribution in [0.1, 0.15) is 18.2 Å². The highest BCUT2D eigenvalue weighted by molar-refractivity contribution is 9.10. The summed E-state index contributed by atoms with van der Waals surface area (Å²) in [5, 5.41) is 1.16. The zero-order chi connectivity index (χ0) is 17.7. The lowest BCUT2D eigenvalue weighted by Crippen LogP contribution is -2.14. The number of rotatable bonds is 6. The second kappa shape index (κ2) is 8.70. The van der Waals surface area contributed by atoms with E-state index in [-0.39, 0.29) is 0 Å². The molecule has 7 heteroatoms.